The largest absolute Gasteiger partial charge is 0.337 e. The van der Waals surface area contributed by atoms with Gasteiger partial charge in [0.05, 0.1) is 16.0 Å². The fourth-order valence-corrected chi connectivity index (χ4v) is 2.63. The lowest BCUT2D eigenvalue weighted by atomic mass is 10.3. The van der Waals surface area contributed by atoms with Gasteiger partial charge in [-0.15, -0.1) is 11.3 Å². The standard InChI is InChI=1S/C13H15N3O2S/c1-9(17)11-4-5-12(19-11)13(18)15(2)7-10-6-14-16(3)8-10/h4-6,8H,7H2,1-3H3. The van der Waals surface area contributed by atoms with Crippen LogP contribution in [-0.4, -0.2) is 33.4 Å². The van der Waals surface area contributed by atoms with Crippen LogP contribution in [0.25, 0.3) is 0 Å². The Morgan fingerprint density at radius 2 is 2.05 bits per heavy atom. The third-order valence-corrected chi connectivity index (χ3v) is 3.86. The molecule has 100 valence electrons. The van der Waals surface area contributed by atoms with Crippen molar-refractivity contribution in [2.24, 2.45) is 7.05 Å². The average molecular weight is 277 g/mol. The van der Waals surface area contributed by atoms with Crippen LogP contribution in [-0.2, 0) is 13.6 Å². The molecule has 5 nitrogen and oxygen atoms in total. The smallest absolute Gasteiger partial charge is 0.263 e. The summed E-state index contributed by atoms with van der Waals surface area (Å²) in [6.45, 7) is 2.00. The number of hydrogen-bond donors (Lipinski definition) is 0. The van der Waals surface area contributed by atoms with E-state index in [1.807, 2.05) is 13.2 Å². The van der Waals surface area contributed by atoms with Gasteiger partial charge < -0.3 is 4.90 Å². The van der Waals surface area contributed by atoms with Crippen LogP contribution in [0.2, 0.25) is 0 Å². The molecule has 0 aliphatic rings. The summed E-state index contributed by atoms with van der Waals surface area (Å²) < 4.78 is 1.70. The van der Waals surface area contributed by atoms with E-state index in [1.165, 1.54) is 18.3 Å². The Morgan fingerprint density at radius 3 is 2.58 bits per heavy atom. The lowest BCUT2D eigenvalue weighted by Crippen LogP contribution is -2.25. The Labute approximate surface area is 115 Å². The van der Waals surface area contributed by atoms with Gasteiger partial charge in [-0.05, 0) is 19.1 Å². The number of ketones is 1. The zero-order valence-electron chi connectivity index (χ0n) is 11.1. The van der Waals surface area contributed by atoms with Gasteiger partial charge in [0.2, 0.25) is 0 Å². The van der Waals surface area contributed by atoms with E-state index in [4.69, 9.17) is 0 Å². The Kier molecular flexibility index (Phi) is 3.80. The Morgan fingerprint density at radius 1 is 1.37 bits per heavy atom. The van der Waals surface area contributed by atoms with E-state index in [0.717, 1.165) is 5.56 Å². The van der Waals surface area contributed by atoms with Crippen molar-refractivity contribution >= 4 is 23.0 Å². The number of amides is 1. The van der Waals surface area contributed by atoms with Crippen LogP contribution in [0, 0.1) is 0 Å². The number of rotatable bonds is 4. The van der Waals surface area contributed by atoms with E-state index in [1.54, 1.807) is 35.0 Å². The predicted molar refractivity (Wildman–Crippen MR) is 73.3 cm³/mol. The summed E-state index contributed by atoms with van der Waals surface area (Å²) in [6, 6.07) is 3.39. The molecule has 0 aromatic carbocycles. The third kappa shape index (κ3) is 3.08. The van der Waals surface area contributed by atoms with E-state index < -0.39 is 0 Å². The fraction of sp³-hybridized carbons (Fsp3) is 0.308. The molecule has 0 N–H and O–H groups in total. The summed E-state index contributed by atoms with van der Waals surface area (Å²) in [6.07, 6.45) is 3.61. The number of carbonyl (C=O) groups excluding carboxylic acids is 2. The average Bonchev–Trinajstić information content (AvgIpc) is 2.97. The van der Waals surface area contributed by atoms with E-state index in [2.05, 4.69) is 5.10 Å². The van der Waals surface area contributed by atoms with Crippen LogP contribution in [0.4, 0.5) is 0 Å². The molecule has 6 heteroatoms. The molecule has 0 saturated heterocycles. The quantitative estimate of drug-likeness (QED) is 0.803. The molecule has 19 heavy (non-hydrogen) atoms. The maximum Gasteiger partial charge on any atom is 0.263 e. The summed E-state index contributed by atoms with van der Waals surface area (Å²) in [5.74, 6) is -0.0969. The minimum absolute atomic E-state index is 0.0148. The van der Waals surface area contributed by atoms with Gasteiger partial charge in [0.1, 0.15) is 0 Å². The molecular weight excluding hydrogens is 262 g/mol. The third-order valence-electron chi connectivity index (χ3n) is 2.69. The van der Waals surface area contributed by atoms with Crippen molar-refractivity contribution in [1.29, 1.82) is 0 Å². The minimum Gasteiger partial charge on any atom is -0.337 e. The topological polar surface area (TPSA) is 55.2 Å². The second-order valence-corrected chi connectivity index (χ2v) is 5.49. The SMILES string of the molecule is CC(=O)c1ccc(C(=O)N(C)Cc2cnn(C)c2)s1. The maximum absolute atomic E-state index is 12.2. The lowest BCUT2D eigenvalue weighted by Gasteiger charge is -2.14. The molecule has 0 unspecified atom stereocenters. The molecule has 0 aliphatic carbocycles. The first kappa shape index (κ1) is 13.5. The monoisotopic (exact) mass is 277 g/mol. The van der Waals surface area contributed by atoms with E-state index >= 15 is 0 Å². The van der Waals surface area contributed by atoms with Crippen molar-refractivity contribution in [2.45, 2.75) is 13.5 Å². The van der Waals surface area contributed by atoms with Crippen molar-refractivity contribution in [1.82, 2.24) is 14.7 Å². The number of aromatic nitrogens is 2. The Hall–Kier alpha value is -1.95. The van der Waals surface area contributed by atoms with Crippen LogP contribution in [0.1, 0.15) is 31.8 Å². The molecule has 0 radical (unpaired) electrons. The molecule has 2 rings (SSSR count). The van der Waals surface area contributed by atoms with Crippen molar-refractivity contribution in [2.75, 3.05) is 7.05 Å². The number of thiophene rings is 1. The molecular formula is C13H15N3O2S. The molecule has 0 fully saturated rings. The van der Waals surface area contributed by atoms with Crippen LogP contribution in [0.15, 0.2) is 24.5 Å². The molecule has 0 bridgehead atoms. The highest BCUT2D eigenvalue weighted by molar-refractivity contribution is 7.15. The van der Waals surface area contributed by atoms with E-state index in [0.29, 0.717) is 16.3 Å². The van der Waals surface area contributed by atoms with Crippen LogP contribution >= 0.6 is 11.3 Å². The minimum atomic E-state index is -0.0821. The van der Waals surface area contributed by atoms with Gasteiger partial charge in [-0.2, -0.15) is 5.10 Å². The van der Waals surface area contributed by atoms with Gasteiger partial charge in [-0.1, -0.05) is 0 Å². The highest BCUT2D eigenvalue weighted by Crippen LogP contribution is 2.19. The van der Waals surface area contributed by atoms with Crippen LogP contribution < -0.4 is 0 Å². The van der Waals surface area contributed by atoms with Gasteiger partial charge in [-0.25, -0.2) is 0 Å². The van der Waals surface area contributed by atoms with Crippen LogP contribution in [0.3, 0.4) is 0 Å². The summed E-state index contributed by atoms with van der Waals surface area (Å²) in [5.41, 5.74) is 0.974. The number of carbonyl (C=O) groups is 2. The van der Waals surface area contributed by atoms with Gasteiger partial charge >= 0.3 is 0 Å². The molecule has 0 atom stereocenters. The summed E-state index contributed by atoms with van der Waals surface area (Å²) >= 11 is 1.23. The zero-order valence-corrected chi connectivity index (χ0v) is 11.9. The Bertz CT molecular complexity index is 615. The second-order valence-electron chi connectivity index (χ2n) is 4.40. The zero-order chi connectivity index (χ0) is 14.0. The summed E-state index contributed by atoms with van der Waals surface area (Å²) in [7, 11) is 3.58. The van der Waals surface area contributed by atoms with Crippen LogP contribution in [0.5, 0.6) is 0 Å². The van der Waals surface area contributed by atoms with E-state index in [9.17, 15) is 9.59 Å². The lowest BCUT2D eigenvalue weighted by molar-refractivity contribution is 0.0789. The highest BCUT2D eigenvalue weighted by Gasteiger charge is 2.16. The van der Waals surface area contributed by atoms with Crippen molar-refractivity contribution in [3.63, 3.8) is 0 Å². The molecule has 0 aliphatic heterocycles. The molecule has 0 spiro atoms. The van der Waals surface area contributed by atoms with Crippen molar-refractivity contribution in [3.05, 3.63) is 39.8 Å². The van der Waals surface area contributed by atoms with Gasteiger partial charge in [0.15, 0.2) is 5.78 Å². The number of aryl methyl sites for hydroxylation is 1. The Balaban J connectivity index is 2.07. The number of nitrogens with zero attached hydrogens (tertiary/aromatic N) is 3. The summed E-state index contributed by atoms with van der Waals surface area (Å²) in [5, 5.41) is 4.07. The van der Waals surface area contributed by atoms with Gasteiger partial charge in [0.25, 0.3) is 5.91 Å². The molecule has 2 aromatic rings. The number of hydrogen-bond acceptors (Lipinski definition) is 4. The fourth-order valence-electron chi connectivity index (χ4n) is 1.73. The molecule has 2 aromatic heterocycles. The van der Waals surface area contributed by atoms with Gasteiger partial charge in [0, 0.05) is 32.4 Å². The first-order chi connectivity index (χ1) is 8.97. The number of Topliss-reactive ketones (excluding diaryl/α,β-unsaturated/α-hetero) is 1. The van der Waals surface area contributed by atoms with Crippen molar-refractivity contribution in [3.8, 4) is 0 Å². The summed E-state index contributed by atoms with van der Waals surface area (Å²) in [4.78, 5) is 26.2. The maximum atomic E-state index is 12.2. The second kappa shape index (κ2) is 5.36. The highest BCUT2D eigenvalue weighted by atomic mass is 32.1. The first-order valence-electron chi connectivity index (χ1n) is 5.81. The van der Waals surface area contributed by atoms with Crippen molar-refractivity contribution < 1.29 is 9.59 Å². The molecule has 1 amide bonds. The first-order valence-corrected chi connectivity index (χ1v) is 6.63. The van der Waals surface area contributed by atoms with E-state index in [-0.39, 0.29) is 11.7 Å². The molecule has 0 saturated carbocycles. The van der Waals surface area contributed by atoms with Gasteiger partial charge in [-0.3, -0.25) is 14.3 Å². The molecule has 2 heterocycles. The normalized spacial score (nSPS) is 10.5. The predicted octanol–water partition coefficient (Wildman–Crippen LogP) is 1.96.